The molecule has 1 aromatic carbocycles. The van der Waals surface area contributed by atoms with Crippen molar-refractivity contribution in [2.75, 3.05) is 26.8 Å². The number of rotatable bonds is 10. The lowest BCUT2D eigenvalue weighted by atomic mass is 10.1. The van der Waals surface area contributed by atoms with Gasteiger partial charge in [0.2, 0.25) is 11.8 Å². The molecule has 1 heterocycles. The van der Waals surface area contributed by atoms with Crippen molar-refractivity contribution in [2.24, 2.45) is 5.92 Å². The molecular weight excluding hydrogens is 375 g/mol. The molecule has 1 aromatic heterocycles. The quantitative estimate of drug-likeness (QED) is 0.609. The van der Waals surface area contributed by atoms with Gasteiger partial charge in [0.15, 0.2) is 0 Å². The zero-order valence-electron chi connectivity index (χ0n) is 17.5. The first-order chi connectivity index (χ1) is 13.8. The van der Waals surface area contributed by atoms with Crippen molar-refractivity contribution in [1.82, 2.24) is 9.80 Å². The van der Waals surface area contributed by atoms with E-state index < -0.39 is 0 Å². The summed E-state index contributed by atoms with van der Waals surface area (Å²) in [6, 6.07) is 9.67. The number of amides is 2. The number of methoxy groups -OCH3 is 1. The van der Waals surface area contributed by atoms with E-state index in [9.17, 15) is 14.0 Å². The van der Waals surface area contributed by atoms with Crippen molar-refractivity contribution in [2.45, 2.75) is 33.9 Å². The number of hydrogen-bond acceptors (Lipinski definition) is 4. The third-order valence-electron chi connectivity index (χ3n) is 4.48. The zero-order valence-corrected chi connectivity index (χ0v) is 17.5. The van der Waals surface area contributed by atoms with Gasteiger partial charge in [-0.25, -0.2) is 4.39 Å². The van der Waals surface area contributed by atoms with E-state index in [0.29, 0.717) is 18.9 Å². The summed E-state index contributed by atoms with van der Waals surface area (Å²) in [5.74, 6) is 0.529. The summed E-state index contributed by atoms with van der Waals surface area (Å²) in [6.45, 7) is 6.61. The van der Waals surface area contributed by atoms with Crippen LogP contribution in [0.1, 0.15) is 30.9 Å². The maximum atomic E-state index is 13.2. The number of aryl methyl sites for hydroxylation is 1. The van der Waals surface area contributed by atoms with Crippen molar-refractivity contribution in [3.8, 4) is 0 Å². The highest BCUT2D eigenvalue weighted by Gasteiger charge is 2.24. The molecule has 0 saturated heterocycles. The minimum absolute atomic E-state index is 0.0543. The number of ether oxygens (including phenoxy) is 1. The molecule has 2 aromatic rings. The second-order valence-electron chi connectivity index (χ2n) is 7.30. The Morgan fingerprint density at radius 1 is 1.07 bits per heavy atom. The van der Waals surface area contributed by atoms with Gasteiger partial charge in [-0.05, 0) is 36.8 Å². The highest BCUT2D eigenvalue weighted by molar-refractivity contribution is 5.85. The van der Waals surface area contributed by atoms with E-state index in [2.05, 4.69) is 0 Å². The number of carbonyl (C=O) groups is 2. The molecule has 0 spiro atoms. The summed E-state index contributed by atoms with van der Waals surface area (Å²) in [5.41, 5.74) is 0.793. The second kappa shape index (κ2) is 10.8. The molecule has 0 saturated carbocycles. The maximum Gasteiger partial charge on any atom is 0.242 e. The molecule has 0 aliphatic rings. The monoisotopic (exact) mass is 404 g/mol. The number of hydrogen-bond donors (Lipinski definition) is 0. The SMILES string of the molecule is COCCN(CC(=O)N(Cc1ccc(F)cc1)Cc1ccc(C)o1)C(=O)C(C)C. The van der Waals surface area contributed by atoms with Crippen LogP contribution in [-0.2, 0) is 27.4 Å². The van der Waals surface area contributed by atoms with Gasteiger partial charge < -0.3 is 19.0 Å². The standard InChI is InChI=1S/C22H29FN2O4/c1-16(2)22(27)24(11-12-28-4)15-21(26)25(14-20-10-5-17(3)29-20)13-18-6-8-19(23)9-7-18/h5-10,16H,11-15H2,1-4H3. The minimum Gasteiger partial charge on any atom is -0.464 e. The number of nitrogens with zero attached hydrogens (tertiary/aromatic N) is 2. The van der Waals surface area contributed by atoms with E-state index in [1.54, 1.807) is 38.0 Å². The average Bonchev–Trinajstić information content (AvgIpc) is 3.10. The zero-order chi connectivity index (χ0) is 21.4. The molecule has 2 amide bonds. The van der Waals surface area contributed by atoms with Crippen molar-refractivity contribution in [3.63, 3.8) is 0 Å². The lowest BCUT2D eigenvalue weighted by molar-refractivity contribution is -0.143. The number of halogens is 1. The lowest BCUT2D eigenvalue weighted by Crippen LogP contribution is -2.45. The van der Waals surface area contributed by atoms with Gasteiger partial charge in [-0.2, -0.15) is 0 Å². The first-order valence-corrected chi connectivity index (χ1v) is 9.65. The van der Waals surface area contributed by atoms with E-state index in [1.807, 2.05) is 19.1 Å². The molecular formula is C22H29FN2O4. The van der Waals surface area contributed by atoms with Crippen LogP contribution in [0.3, 0.4) is 0 Å². The van der Waals surface area contributed by atoms with Crippen LogP contribution < -0.4 is 0 Å². The normalized spacial score (nSPS) is 11.0. The summed E-state index contributed by atoms with van der Waals surface area (Å²) in [5, 5.41) is 0. The van der Waals surface area contributed by atoms with Crippen LogP contribution in [0.4, 0.5) is 4.39 Å². The van der Waals surface area contributed by atoms with Gasteiger partial charge in [-0.15, -0.1) is 0 Å². The van der Waals surface area contributed by atoms with E-state index in [0.717, 1.165) is 11.3 Å². The molecule has 0 atom stereocenters. The first-order valence-electron chi connectivity index (χ1n) is 9.65. The van der Waals surface area contributed by atoms with Gasteiger partial charge in [-0.3, -0.25) is 9.59 Å². The highest BCUT2D eigenvalue weighted by Crippen LogP contribution is 2.15. The fourth-order valence-corrected chi connectivity index (χ4v) is 2.90. The fourth-order valence-electron chi connectivity index (χ4n) is 2.90. The molecule has 158 valence electrons. The van der Waals surface area contributed by atoms with Crippen molar-refractivity contribution >= 4 is 11.8 Å². The van der Waals surface area contributed by atoms with Crippen LogP contribution in [0.5, 0.6) is 0 Å². The number of benzene rings is 1. The summed E-state index contributed by atoms with van der Waals surface area (Å²) in [6.07, 6.45) is 0. The predicted octanol–water partition coefficient (Wildman–Crippen LogP) is 3.39. The fraction of sp³-hybridized carbons (Fsp3) is 0.455. The Balaban J connectivity index is 2.18. The van der Waals surface area contributed by atoms with E-state index in [-0.39, 0.29) is 43.2 Å². The number of furan rings is 1. The Morgan fingerprint density at radius 3 is 2.31 bits per heavy atom. The second-order valence-corrected chi connectivity index (χ2v) is 7.30. The van der Waals surface area contributed by atoms with Gasteiger partial charge in [0.1, 0.15) is 17.3 Å². The number of carbonyl (C=O) groups excluding carboxylic acids is 2. The van der Waals surface area contributed by atoms with Crippen molar-refractivity contribution < 1.29 is 23.1 Å². The third-order valence-corrected chi connectivity index (χ3v) is 4.48. The maximum absolute atomic E-state index is 13.2. The van der Waals surface area contributed by atoms with Crippen LogP contribution >= 0.6 is 0 Å². The Morgan fingerprint density at radius 2 is 1.76 bits per heavy atom. The average molecular weight is 404 g/mol. The molecule has 0 aliphatic heterocycles. The Kier molecular flexibility index (Phi) is 8.39. The van der Waals surface area contributed by atoms with Crippen LogP contribution in [0, 0.1) is 18.7 Å². The summed E-state index contributed by atoms with van der Waals surface area (Å²) in [4.78, 5) is 28.7. The summed E-state index contributed by atoms with van der Waals surface area (Å²) >= 11 is 0. The van der Waals surface area contributed by atoms with Gasteiger partial charge in [0.25, 0.3) is 0 Å². The first kappa shape index (κ1) is 22.6. The topological polar surface area (TPSA) is 63.0 Å². The molecule has 0 fully saturated rings. The molecule has 0 unspecified atom stereocenters. The Hall–Kier alpha value is -2.67. The van der Waals surface area contributed by atoms with Crippen molar-refractivity contribution in [3.05, 3.63) is 59.3 Å². The molecule has 0 radical (unpaired) electrons. The third kappa shape index (κ3) is 7.02. The van der Waals surface area contributed by atoms with E-state index >= 15 is 0 Å². The van der Waals surface area contributed by atoms with Crippen LogP contribution in [0.2, 0.25) is 0 Å². The van der Waals surface area contributed by atoms with Gasteiger partial charge in [0, 0.05) is 26.1 Å². The van der Waals surface area contributed by atoms with Gasteiger partial charge >= 0.3 is 0 Å². The van der Waals surface area contributed by atoms with E-state index in [4.69, 9.17) is 9.15 Å². The highest BCUT2D eigenvalue weighted by atomic mass is 19.1. The Bertz CT molecular complexity index is 801. The van der Waals surface area contributed by atoms with Crippen LogP contribution in [0.15, 0.2) is 40.8 Å². The lowest BCUT2D eigenvalue weighted by Gasteiger charge is -2.28. The molecule has 7 heteroatoms. The molecule has 0 aliphatic carbocycles. The summed E-state index contributed by atoms with van der Waals surface area (Å²) in [7, 11) is 1.56. The summed E-state index contributed by atoms with van der Waals surface area (Å²) < 4.78 is 23.9. The predicted molar refractivity (Wildman–Crippen MR) is 107 cm³/mol. The minimum atomic E-state index is -0.332. The van der Waals surface area contributed by atoms with Crippen LogP contribution in [0.25, 0.3) is 0 Å². The Labute approximate surface area is 171 Å². The molecule has 6 nitrogen and oxygen atoms in total. The smallest absolute Gasteiger partial charge is 0.242 e. The largest absolute Gasteiger partial charge is 0.464 e. The molecule has 29 heavy (non-hydrogen) atoms. The molecule has 2 rings (SSSR count). The van der Waals surface area contributed by atoms with Gasteiger partial charge in [0.05, 0.1) is 19.7 Å². The van der Waals surface area contributed by atoms with Gasteiger partial charge in [-0.1, -0.05) is 26.0 Å². The molecule has 0 N–H and O–H groups in total. The molecule has 0 bridgehead atoms. The van der Waals surface area contributed by atoms with E-state index in [1.165, 1.54) is 17.0 Å². The van der Waals surface area contributed by atoms with Crippen molar-refractivity contribution in [1.29, 1.82) is 0 Å². The van der Waals surface area contributed by atoms with Crippen LogP contribution in [-0.4, -0.2) is 48.4 Å².